The molecule has 0 radical (unpaired) electrons. The summed E-state index contributed by atoms with van der Waals surface area (Å²) in [5, 5.41) is 2.83. The Morgan fingerprint density at radius 3 is 2.53 bits per heavy atom. The van der Waals surface area contributed by atoms with E-state index in [9.17, 15) is 4.79 Å². The number of benzene rings is 1. The van der Waals surface area contributed by atoms with Gasteiger partial charge < -0.3 is 4.74 Å². The Morgan fingerprint density at radius 2 is 2.00 bits per heavy atom. The quantitative estimate of drug-likeness (QED) is 0.782. The molecule has 0 N–H and O–H groups in total. The highest BCUT2D eigenvalue weighted by Gasteiger charge is 2.10. The SMILES string of the molecule is Cc1csc(CC(=O)c2ccc(OC(C)C)cc2)n1. The Hall–Kier alpha value is -1.68. The van der Waals surface area contributed by atoms with Crippen LogP contribution in [0, 0.1) is 6.92 Å². The van der Waals surface area contributed by atoms with Gasteiger partial charge in [-0.1, -0.05) is 0 Å². The fraction of sp³-hybridized carbons (Fsp3) is 0.333. The number of rotatable bonds is 5. The molecule has 19 heavy (non-hydrogen) atoms. The lowest BCUT2D eigenvalue weighted by molar-refractivity contribution is 0.0993. The fourth-order valence-electron chi connectivity index (χ4n) is 1.71. The number of aryl methyl sites for hydroxylation is 1. The van der Waals surface area contributed by atoms with Crippen molar-refractivity contribution in [1.29, 1.82) is 0 Å². The number of hydrogen-bond donors (Lipinski definition) is 0. The molecule has 0 aliphatic carbocycles. The van der Waals surface area contributed by atoms with Crippen LogP contribution in [0.15, 0.2) is 29.6 Å². The highest BCUT2D eigenvalue weighted by Crippen LogP contribution is 2.16. The predicted molar refractivity (Wildman–Crippen MR) is 77.1 cm³/mol. The first-order chi connectivity index (χ1) is 9.04. The predicted octanol–water partition coefficient (Wildman–Crippen LogP) is 3.66. The van der Waals surface area contributed by atoms with E-state index in [2.05, 4.69) is 4.98 Å². The van der Waals surface area contributed by atoms with E-state index in [1.165, 1.54) is 11.3 Å². The van der Waals surface area contributed by atoms with Gasteiger partial charge in [-0.15, -0.1) is 11.3 Å². The second-order valence-electron chi connectivity index (χ2n) is 4.67. The Balaban J connectivity index is 2.03. The lowest BCUT2D eigenvalue weighted by Gasteiger charge is -2.09. The first kappa shape index (κ1) is 13.7. The van der Waals surface area contributed by atoms with Crippen molar-refractivity contribution in [3.05, 3.63) is 45.9 Å². The van der Waals surface area contributed by atoms with Gasteiger partial charge in [0.1, 0.15) is 10.8 Å². The van der Waals surface area contributed by atoms with Crippen molar-refractivity contribution < 1.29 is 9.53 Å². The number of thiazole rings is 1. The summed E-state index contributed by atoms with van der Waals surface area (Å²) in [5.41, 5.74) is 1.66. The molecule has 0 saturated carbocycles. The first-order valence-electron chi connectivity index (χ1n) is 6.25. The molecule has 0 aliphatic rings. The van der Waals surface area contributed by atoms with Gasteiger partial charge in [-0.2, -0.15) is 0 Å². The minimum atomic E-state index is 0.0884. The lowest BCUT2D eigenvalue weighted by atomic mass is 10.1. The summed E-state index contributed by atoms with van der Waals surface area (Å²) in [4.78, 5) is 16.4. The summed E-state index contributed by atoms with van der Waals surface area (Å²) in [6, 6.07) is 7.28. The van der Waals surface area contributed by atoms with Crippen LogP contribution in [0.4, 0.5) is 0 Å². The van der Waals surface area contributed by atoms with Crippen LogP contribution < -0.4 is 4.74 Å². The molecule has 0 spiro atoms. The molecular formula is C15H17NO2S. The minimum absolute atomic E-state index is 0.0884. The molecule has 0 amide bonds. The summed E-state index contributed by atoms with van der Waals surface area (Å²) in [5.74, 6) is 0.877. The van der Waals surface area contributed by atoms with Crippen LogP contribution in [0.2, 0.25) is 0 Å². The molecule has 0 fully saturated rings. The number of carbonyl (C=O) groups excluding carboxylic acids is 1. The van der Waals surface area contributed by atoms with Gasteiger partial charge in [0, 0.05) is 16.6 Å². The molecular weight excluding hydrogens is 258 g/mol. The van der Waals surface area contributed by atoms with Crippen molar-refractivity contribution in [3.8, 4) is 5.75 Å². The second kappa shape index (κ2) is 5.97. The van der Waals surface area contributed by atoms with Gasteiger partial charge in [-0.3, -0.25) is 4.79 Å². The molecule has 0 unspecified atom stereocenters. The summed E-state index contributed by atoms with van der Waals surface area (Å²) >= 11 is 1.53. The molecule has 2 rings (SSSR count). The molecule has 0 bridgehead atoms. The number of ketones is 1. The normalized spacial score (nSPS) is 10.7. The van der Waals surface area contributed by atoms with Crippen LogP contribution in [0.25, 0.3) is 0 Å². The Kier molecular flexibility index (Phi) is 4.32. The summed E-state index contributed by atoms with van der Waals surface area (Å²) < 4.78 is 5.55. The molecule has 0 aliphatic heterocycles. The van der Waals surface area contributed by atoms with Gasteiger partial charge in [0.25, 0.3) is 0 Å². The third-order valence-electron chi connectivity index (χ3n) is 2.53. The summed E-state index contributed by atoms with van der Waals surface area (Å²) in [6.45, 7) is 5.89. The Labute approximate surface area is 117 Å². The maximum atomic E-state index is 12.1. The van der Waals surface area contributed by atoms with Gasteiger partial charge in [-0.05, 0) is 45.0 Å². The third-order valence-corrected chi connectivity index (χ3v) is 3.49. The zero-order chi connectivity index (χ0) is 13.8. The van der Waals surface area contributed by atoms with Crippen molar-refractivity contribution in [1.82, 2.24) is 4.98 Å². The molecule has 0 saturated heterocycles. The van der Waals surface area contributed by atoms with E-state index in [1.54, 1.807) is 12.1 Å². The number of hydrogen-bond acceptors (Lipinski definition) is 4. The number of carbonyl (C=O) groups is 1. The van der Waals surface area contributed by atoms with E-state index >= 15 is 0 Å². The molecule has 1 heterocycles. The average Bonchev–Trinajstić information content (AvgIpc) is 2.75. The van der Waals surface area contributed by atoms with E-state index in [4.69, 9.17) is 4.74 Å². The van der Waals surface area contributed by atoms with Gasteiger partial charge in [-0.25, -0.2) is 4.98 Å². The van der Waals surface area contributed by atoms with E-state index in [0.29, 0.717) is 12.0 Å². The van der Waals surface area contributed by atoms with E-state index in [0.717, 1.165) is 16.5 Å². The van der Waals surface area contributed by atoms with Crippen LogP contribution in [0.5, 0.6) is 5.75 Å². The fourth-order valence-corrected chi connectivity index (χ4v) is 2.49. The van der Waals surface area contributed by atoms with Crippen LogP contribution in [-0.2, 0) is 6.42 Å². The zero-order valence-corrected chi connectivity index (χ0v) is 12.2. The second-order valence-corrected chi connectivity index (χ2v) is 5.62. The van der Waals surface area contributed by atoms with Crippen LogP contribution in [0.3, 0.4) is 0 Å². The van der Waals surface area contributed by atoms with Crippen LogP contribution in [-0.4, -0.2) is 16.9 Å². The molecule has 4 heteroatoms. The average molecular weight is 275 g/mol. The van der Waals surface area contributed by atoms with Gasteiger partial charge in [0.2, 0.25) is 0 Å². The molecule has 1 aromatic carbocycles. The van der Waals surface area contributed by atoms with Gasteiger partial charge in [0.05, 0.1) is 12.5 Å². The van der Waals surface area contributed by atoms with Crippen molar-refractivity contribution in [2.45, 2.75) is 33.3 Å². The third kappa shape index (κ3) is 3.89. The highest BCUT2D eigenvalue weighted by molar-refractivity contribution is 7.09. The standard InChI is InChI=1S/C15H17NO2S/c1-10(2)18-13-6-4-12(5-7-13)14(17)8-15-16-11(3)9-19-15/h4-7,9-10H,8H2,1-3H3. The number of nitrogens with zero attached hydrogens (tertiary/aromatic N) is 1. The highest BCUT2D eigenvalue weighted by atomic mass is 32.1. The Morgan fingerprint density at radius 1 is 1.32 bits per heavy atom. The molecule has 100 valence electrons. The maximum absolute atomic E-state index is 12.1. The van der Waals surface area contributed by atoms with E-state index < -0.39 is 0 Å². The van der Waals surface area contributed by atoms with Crippen molar-refractivity contribution in [2.75, 3.05) is 0 Å². The molecule has 3 nitrogen and oxygen atoms in total. The smallest absolute Gasteiger partial charge is 0.169 e. The van der Waals surface area contributed by atoms with E-state index in [1.807, 2.05) is 38.3 Å². The number of Topliss-reactive ketones (excluding diaryl/α,β-unsaturated/α-hetero) is 1. The molecule has 2 aromatic rings. The molecule has 1 aromatic heterocycles. The zero-order valence-electron chi connectivity index (χ0n) is 11.3. The first-order valence-corrected chi connectivity index (χ1v) is 7.13. The molecule has 0 atom stereocenters. The number of ether oxygens (including phenoxy) is 1. The van der Waals surface area contributed by atoms with Gasteiger partial charge in [0.15, 0.2) is 5.78 Å². The van der Waals surface area contributed by atoms with Crippen molar-refractivity contribution in [2.24, 2.45) is 0 Å². The van der Waals surface area contributed by atoms with E-state index in [-0.39, 0.29) is 11.9 Å². The van der Waals surface area contributed by atoms with Gasteiger partial charge >= 0.3 is 0 Å². The minimum Gasteiger partial charge on any atom is -0.491 e. The number of aromatic nitrogens is 1. The van der Waals surface area contributed by atoms with Crippen LogP contribution >= 0.6 is 11.3 Å². The Bertz CT molecular complexity index is 558. The largest absolute Gasteiger partial charge is 0.491 e. The summed E-state index contributed by atoms with van der Waals surface area (Å²) in [7, 11) is 0. The monoisotopic (exact) mass is 275 g/mol. The lowest BCUT2D eigenvalue weighted by Crippen LogP contribution is -2.06. The summed E-state index contributed by atoms with van der Waals surface area (Å²) in [6.07, 6.45) is 0.503. The van der Waals surface area contributed by atoms with Crippen molar-refractivity contribution >= 4 is 17.1 Å². The van der Waals surface area contributed by atoms with Crippen LogP contribution in [0.1, 0.15) is 34.9 Å². The maximum Gasteiger partial charge on any atom is 0.169 e. The topological polar surface area (TPSA) is 39.2 Å². The van der Waals surface area contributed by atoms with Crippen molar-refractivity contribution in [3.63, 3.8) is 0 Å².